The van der Waals surface area contributed by atoms with Crippen LogP contribution in [0.1, 0.15) is 70.5 Å². The summed E-state index contributed by atoms with van der Waals surface area (Å²) < 4.78 is 28.6. The van der Waals surface area contributed by atoms with Gasteiger partial charge in [0.25, 0.3) is 0 Å². The van der Waals surface area contributed by atoms with Crippen LogP contribution in [-0.4, -0.2) is 64.8 Å². The molecule has 2 aromatic rings. The number of amides is 2. The first kappa shape index (κ1) is 29.5. The van der Waals surface area contributed by atoms with Crippen LogP contribution in [0.4, 0.5) is 8.78 Å². The Balaban J connectivity index is 1.59. The summed E-state index contributed by atoms with van der Waals surface area (Å²) in [6.45, 7) is 12.5. The van der Waals surface area contributed by atoms with Crippen LogP contribution in [0.25, 0.3) is 0 Å². The van der Waals surface area contributed by atoms with E-state index in [1.807, 2.05) is 47.9 Å². The third kappa shape index (κ3) is 6.63. The first-order valence-corrected chi connectivity index (χ1v) is 14.3. The SMILES string of the molecule is CC(C)C(=O)N1CCN(C(=O)[C@@H]2CN(C(C)(C)C)C[C@H]2c2ccc(F)cc2F)CCC[C@H]1c1ccc(Cl)cc1. The number of hydrogen-bond donors (Lipinski definition) is 0. The van der Waals surface area contributed by atoms with Crippen LogP contribution in [0.2, 0.25) is 5.02 Å². The minimum atomic E-state index is -0.626. The Morgan fingerprint density at radius 2 is 1.67 bits per heavy atom. The predicted molar refractivity (Wildman–Crippen MR) is 150 cm³/mol. The molecule has 212 valence electrons. The second kappa shape index (κ2) is 11.9. The Bertz CT molecular complexity index is 1180. The van der Waals surface area contributed by atoms with E-state index in [4.69, 9.17) is 11.6 Å². The molecule has 39 heavy (non-hydrogen) atoms. The zero-order chi connectivity index (χ0) is 28.5. The molecule has 0 unspecified atom stereocenters. The van der Waals surface area contributed by atoms with Gasteiger partial charge in [-0.15, -0.1) is 0 Å². The van der Waals surface area contributed by atoms with Gasteiger partial charge in [0, 0.05) is 61.2 Å². The highest BCUT2D eigenvalue weighted by Crippen LogP contribution is 2.39. The molecule has 2 amide bonds. The predicted octanol–water partition coefficient (Wildman–Crippen LogP) is 6.28. The monoisotopic (exact) mass is 559 g/mol. The van der Waals surface area contributed by atoms with E-state index in [0.29, 0.717) is 43.3 Å². The maximum absolute atomic E-state index is 14.9. The van der Waals surface area contributed by atoms with Crippen LogP contribution >= 0.6 is 11.6 Å². The van der Waals surface area contributed by atoms with Crippen LogP contribution in [0.5, 0.6) is 0 Å². The van der Waals surface area contributed by atoms with E-state index in [0.717, 1.165) is 24.5 Å². The van der Waals surface area contributed by atoms with Crippen molar-refractivity contribution in [2.75, 3.05) is 32.7 Å². The van der Waals surface area contributed by atoms with Crippen LogP contribution in [0, 0.1) is 23.5 Å². The summed E-state index contributed by atoms with van der Waals surface area (Å²) in [5.74, 6) is -2.22. The molecule has 2 saturated heterocycles. The fraction of sp³-hybridized carbons (Fsp3) is 0.548. The van der Waals surface area contributed by atoms with E-state index in [2.05, 4.69) is 25.7 Å². The van der Waals surface area contributed by atoms with Gasteiger partial charge in [-0.2, -0.15) is 0 Å². The zero-order valence-electron chi connectivity index (χ0n) is 23.6. The number of carbonyl (C=O) groups excluding carboxylic acids is 2. The molecule has 3 atom stereocenters. The van der Waals surface area contributed by atoms with E-state index in [1.165, 1.54) is 12.1 Å². The first-order chi connectivity index (χ1) is 18.4. The highest BCUT2D eigenvalue weighted by molar-refractivity contribution is 6.30. The number of halogens is 3. The average molecular weight is 560 g/mol. The molecule has 4 rings (SSSR count). The molecular weight excluding hydrogens is 520 g/mol. The highest BCUT2D eigenvalue weighted by atomic mass is 35.5. The molecule has 0 bridgehead atoms. The van der Waals surface area contributed by atoms with Crippen molar-refractivity contribution in [3.8, 4) is 0 Å². The molecule has 0 radical (unpaired) electrons. The molecule has 8 heteroatoms. The lowest BCUT2D eigenvalue weighted by molar-refractivity contribution is -0.142. The summed E-state index contributed by atoms with van der Waals surface area (Å²) in [6, 6.07) is 11.2. The summed E-state index contributed by atoms with van der Waals surface area (Å²) in [7, 11) is 0. The standard InChI is InChI=1S/C31H40ClF2N3O2/c1-20(2)29(38)37-16-15-35(14-6-7-28(37)21-8-10-22(32)11-9-21)30(39)26-19-36(31(3,4)5)18-25(26)24-13-12-23(33)17-27(24)34/h8-13,17,20,25-26,28H,6-7,14-16,18-19H2,1-5H3/t25-,26+,28-/m0/s1. The van der Waals surface area contributed by atoms with Gasteiger partial charge in [-0.05, 0) is 62.9 Å². The highest BCUT2D eigenvalue weighted by Gasteiger charge is 2.44. The van der Waals surface area contributed by atoms with Crippen molar-refractivity contribution in [1.29, 1.82) is 0 Å². The number of hydrogen-bond acceptors (Lipinski definition) is 3. The van der Waals surface area contributed by atoms with Gasteiger partial charge in [0.05, 0.1) is 12.0 Å². The third-order valence-electron chi connectivity index (χ3n) is 8.18. The van der Waals surface area contributed by atoms with Gasteiger partial charge in [0.15, 0.2) is 0 Å². The lowest BCUT2D eigenvalue weighted by atomic mass is 9.87. The summed E-state index contributed by atoms with van der Waals surface area (Å²) in [5, 5.41) is 0.649. The summed E-state index contributed by atoms with van der Waals surface area (Å²) in [5.41, 5.74) is 1.22. The van der Waals surface area contributed by atoms with Gasteiger partial charge in [-0.1, -0.05) is 43.6 Å². The van der Waals surface area contributed by atoms with Gasteiger partial charge in [0.1, 0.15) is 11.6 Å². The molecule has 5 nitrogen and oxygen atoms in total. The molecule has 2 aliphatic heterocycles. The fourth-order valence-electron chi connectivity index (χ4n) is 5.93. The van der Waals surface area contributed by atoms with Crippen LogP contribution < -0.4 is 0 Å². The van der Waals surface area contributed by atoms with E-state index in [9.17, 15) is 18.4 Å². The minimum absolute atomic E-state index is 0.0302. The lowest BCUT2D eigenvalue weighted by Crippen LogP contribution is -2.48. The van der Waals surface area contributed by atoms with Crippen molar-refractivity contribution in [3.63, 3.8) is 0 Å². The minimum Gasteiger partial charge on any atom is -0.341 e. The van der Waals surface area contributed by atoms with Crippen LogP contribution in [0.15, 0.2) is 42.5 Å². The second-order valence-electron chi connectivity index (χ2n) is 12.2. The Morgan fingerprint density at radius 1 is 0.974 bits per heavy atom. The number of rotatable bonds is 4. The van der Waals surface area contributed by atoms with Crippen LogP contribution in [-0.2, 0) is 9.59 Å². The molecule has 2 aliphatic rings. The van der Waals surface area contributed by atoms with Gasteiger partial charge >= 0.3 is 0 Å². The quantitative estimate of drug-likeness (QED) is 0.443. The summed E-state index contributed by atoms with van der Waals surface area (Å²) in [4.78, 5) is 33.4. The van der Waals surface area contributed by atoms with Crippen molar-refractivity contribution in [3.05, 3.63) is 70.2 Å². The normalized spacial score (nSPS) is 23.2. The number of likely N-dealkylation sites (tertiary alicyclic amines) is 1. The Labute approximate surface area is 236 Å². The van der Waals surface area contributed by atoms with Crippen molar-refractivity contribution in [1.82, 2.24) is 14.7 Å². The molecule has 2 heterocycles. The second-order valence-corrected chi connectivity index (χ2v) is 12.6. The number of benzene rings is 2. The molecule has 2 fully saturated rings. The average Bonchev–Trinajstić information content (AvgIpc) is 3.30. The van der Waals surface area contributed by atoms with Gasteiger partial charge < -0.3 is 9.80 Å². The maximum Gasteiger partial charge on any atom is 0.227 e. The van der Waals surface area contributed by atoms with Crippen LogP contribution in [0.3, 0.4) is 0 Å². The molecular formula is C31H40ClF2N3O2. The molecule has 0 aliphatic carbocycles. The first-order valence-electron chi connectivity index (χ1n) is 13.9. The number of nitrogens with zero attached hydrogens (tertiary/aromatic N) is 3. The van der Waals surface area contributed by atoms with Gasteiger partial charge in [-0.25, -0.2) is 8.78 Å². The smallest absolute Gasteiger partial charge is 0.227 e. The van der Waals surface area contributed by atoms with E-state index >= 15 is 0 Å². The Hall–Kier alpha value is -2.51. The zero-order valence-corrected chi connectivity index (χ0v) is 24.3. The Morgan fingerprint density at radius 3 is 2.28 bits per heavy atom. The third-order valence-corrected chi connectivity index (χ3v) is 8.44. The van der Waals surface area contributed by atoms with Crippen molar-refractivity contribution in [2.45, 2.75) is 65.0 Å². The van der Waals surface area contributed by atoms with Crippen molar-refractivity contribution in [2.24, 2.45) is 11.8 Å². The largest absolute Gasteiger partial charge is 0.341 e. The molecule has 0 saturated carbocycles. The molecule has 0 spiro atoms. The van der Waals surface area contributed by atoms with E-state index in [-0.39, 0.29) is 35.2 Å². The summed E-state index contributed by atoms with van der Waals surface area (Å²) in [6.07, 6.45) is 1.45. The summed E-state index contributed by atoms with van der Waals surface area (Å²) >= 11 is 6.12. The fourth-order valence-corrected chi connectivity index (χ4v) is 6.05. The van der Waals surface area contributed by atoms with Crippen molar-refractivity contribution >= 4 is 23.4 Å². The number of carbonyl (C=O) groups is 2. The van der Waals surface area contributed by atoms with Gasteiger partial charge in [-0.3, -0.25) is 14.5 Å². The lowest BCUT2D eigenvalue weighted by Gasteiger charge is -2.39. The molecule has 2 aromatic carbocycles. The van der Waals surface area contributed by atoms with E-state index < -0.39 is 17.6 Å². The van der Waals surface area contributed by atoms with E-state index in [1.54, 1.807) is 0 Å². The molecule has 0 aromatic heterocycles. The Kier molecular flexibility index (Phi) is 9.01. The topological polar surface area (TPSA) is 43.9 Å². The maximum atomic E-state index is 14.9. The van der Waals surface area contributed by atoms with Gasteiger partial charge in [0.2, 0.25) is 11.8 Å². The van der Waals surface area contributed by atoms with Crippen molar-refractivity contribution < 1.29 is 18.4 Å². The molecule has 0 N–H and O–H groups in total.